The van der Waals surface area contributed by atoms with Crippen LogP contribution in [0.3, 0.4) is 0 Å². The molecule has 2 N–H and O–H groups in total. The SMILES string of the molecule is Cc1ccc(CNC(=O)N(CC(=O)O)C2CC2)cc1. The highest BCUT2D eigenvalue weighted by Gasteiger charge is 2.33. The van der Waals surface area contributed by atoms with E-state index in [9.17, 15) is 9.59 Å². The molecule has 102 valence electrons. The van der Waals surface area contributed by atoms with Gasteiger partial charge < -0.3 is 15.3 Å². The summed E-state index contributed by atoms with van der Waals surface area (Å²) in [6, 6.07) is 7.66. The van der Waals surface area contributed by atoms with Gasteiger partial charge in [0, 0.05) is 12.6 Å². The van der Waals surface area contributed by atoms with Gasteiger partial charge in [-0.2, -0.15) is 0 Å². The third-order valence-electron chi connectivity index (χ3n) is 3.12. The predicted molar refractivity (Wildman–Crippen MR) is 70.8 cm³/mol. The molecule has 0 atom stereocenters. The number of carboxylic acid groups (broad SMARTS) is 1. The molecule has 1 aromatic carbocycles. The lowest BCUT2D eigenvalue weighted by Crippen LogP contribution is -2.43. The van der Waals surface area contributed by atoms with Gasteiger partial charge in [0.2, 0.25) is 0 Å². The molecule has 5 nitrogen and oxygen atoms in total. The summed E-state index contributed by atoms with van der Waals surface area (Å²) >= 11 is 0. The average molecular weight is 262 g/mol. The van der Waals surface area contributed by atoms with Crippen molar-refractivity contribution in [3.05, 3.63) is 35.4 Å². The Morgan fingerprint density at radius 1 is 1.32 bits per heavy atom. The van der Waals surface area contributed by atoms with Crippen LogP contribution in [0.4, 0.5) is 4.79 Å². The lowest BCUT2D eigenvalue weighted by atomic mass is 10.1. The molecule has 0 bridgehead atoms. The van der Waals surface area contributed by atoms with E-state index in [0.717, 1.165) is 18.4 Å². The second-order valence-electron chi connectivity index (χ2n) is 4.90. The Kier molecular flexibility index (Phi) is 4.04. The number of carboxylic acids is 1. The highest BCUT2D eigenvalue weighted by atomic mass is 16.4. The maximum absolute atomic E-state index is 12.0. The summed E-state index contributed by atoms with van der Waals surface area (Å²) in [4.78, 5) is 24.1. The lowest BCUT2D eigenvalue weighted by Gasteiger charge is -2.20. The van der Waals surface area contributed by atoms with E-state index in [0.29, 0.717) is 6.54 Å². The third-order valence-corrected chi connectivity index (χ3v) is 3.12. The first kappa shape index (κ1) is 13.4. The molecule has 0 aliphatic heterocycles. The second-order valence-corrected chi connectivity index (χ2v) is 4.90. The van der Waals surface area contributed by atoms with Crippen LogP contribution in [0.15, 0.2) is 24.3 Å². The van der Waals surface area contributed by atoms with Gasteiger partial charge in [-0.05, 0) is 25.3 Å². The molecule has 0 aromatic heterocycles. The minimum absolute atomic E-state index is 0.0918. The van der Waals surface area contributed by atoms with Gasteiger partial charge in [0.25, 0.3) is 0 Å². The molecule has 0 radical (unpaired) electrons. The first-order chi connectivity index (χ1) is 9.06. The van der Waals surface area contributed by atoms with Crippen LogP contribution in [0.2, 0.25) is 0 Å². The Labute approximate surface area is 112 Å². The van der Waals surface area contributed by atoms with Crippen molar-refractivity contribution in [3.8, 4) is 0 Å². The fourth-order valence-electron chi connectivity index (χ4n) is 1.88. The molecule has 19 heavy (non-hydrogen) atoms. The molecule has 0 saturated heterocycles. The summed E-state index contributed by atoms with van der Waals surface area (Å²) in [6.45, 7) is 2.19. The zero-order chi connectivity index (χ0) is 13.8. The van der Waals surface area contributed by atoms with Gasteiger partial charge >= 0.3 is 12.0 Å². The fraction of sp³-hybridized carbons (Fsp3) is 0.429. The molecule has 0 unspecified atom stereocenters. The smallest absolute Gasteiger partial charge is 0.323 e. The number of carbonyl (C=O) groups excluding carboxylic acids is 1. The van der Waals surface area contributed by atoms with E-state index in [1.165, 1.54) is 10.5 Å². The summed E-state index contributed by atoms with van der Waals surface area (Å²) in [7, 11) is 0. The number of amides is 2. The average Bonchev–Trinajstić information content (AvgIpc) is 3.19. The zero-order valence-corrected chi connectivity index (χ0v) is 10.9. The molecule has 1 aliphatic carbocycles. The van der Waals surface area contributed by atoms with E-state index < -0.39 is 5.97 Å². The molecule has 0 heterocycles. The van der Waals surface area contributed by atoms with Crippen LogP contribution in [-0.4, -0.2) is 34.6 Å². The van der Waals surface area contributed by atoms with Crippen LogP contribution in [0, 0.1) is 6.92 Å². The number of hydrogen-bond acceptors (Lipinski definition) is 2. The highest BCUT2D eigenvalue weighted by Crippen LogP contribution is 2.26. The summed E-state index contributed by atoms with van der Waals surface area (Å²) in [6.07, 6.45) is 1.79. The van der Waals surface area contributed by atoms with Crippen molar-refractivity contribution in [1.82, 2.24) is 10.2 Å². The van der Waals surface area contributed by atoms with E-state index in [-0.39, 0.29) is 18.6 Å². The largest absolute Gasteiger partial charge is 0.480 e. The molecule has 2 amide bonds. The van der Waals surface area contributed by atoms with Crippen molar-refractivity contribution in [2.45, 2.75) is 32.4 Å². The zero-order valence-electron chi connectivity index (χ0n) is 10.9. The number of nitrogens with zero attached hydrogens (tertiary/aromatic N) is 1. The van der Waals surface area contributed by atoms with E-state index >= 15 is 0 Å². The summed E-state index contributed by atoms with van der Waals surface area (Å²) in [5, 5.41) is 11.6. The maximum atomic E-state index is 12.0. The van der Waals surface area contributed by atoms with Crippen molar-refractivity contribution in [2.24, 2.45) is 0 Å². The van der Waals surface area contributed by atoms with Gasteiger partial charge in [0.05, 0.1) is 0 Å². The van der Waals surface area contributed by atoms with Crippen molar-refractivity contribution < 1.29 is 14.7 Å². The van der Waals surface area contributed by atoms with Gasteiger partial charge in [0.15, 0.2) is 0 Å². The first-order valence-corrected chi connectivity index (χ1v) is 6.38. The number of benzene rings is 1. The normalized spacial score (nSPS) is 13.9. The Morgan fingerprint density at radius 3 is 2.47 bits per heavy atom. The monoisotopic (exact) mass is 262 g/mol. The molecule has 1 aromatic rings. The molecule has 1 saturated carbocycles. The van der Waals surface area contributed by atoms with Gasteiger partial charge in [-0.15, -0.1) is 0 Å². The standard InChI is InChI=1S/C14H18N2O3/c1-10-2-4-11(5-3-10)8-15-14(19)16(9-13(17)18)12-6-7-12/h2-5,12H,6-9H2,1H3,(H,15,19)(H,17,18). The van der Waals surface area contributed by atoms with Gasteiger partial charge in [0.1, 0.15) is 6.54 Å². The van der Waals surface area contributed by atoms with Gasteiger partial charge in [-0.25, -0.2) is 4.79 Å². The Balaban J connectivity index is 1.88. The van der Waals surface area contributed by atoms with Crippen LogP contribution in [0.1, 0.15) is 24.0 Å². The summed E-state index contributed by atoms with van der Waals surface area (Å²) in [5.41, 5.74) is 2.17. The van der Waals surface area contributed by atoms with Crippen molar-refractivity contribution in [1.29, 1.82) is 0 Å². The molecule has 2 rings (SSSR count). The van der Waals surface area contributed by atoms with E-state index in [2.05, 4.69) is 5.32 Å². The molecule has 5 heteroatoms. The van der Waals surface area contributed by atoms with E-state index in [1.54, 1.807) is 0 Å². The minimum Gasteiger partial charge on any atom is -0.480 e. The number of aliphatic carboxylic acids is 1. The minimum atomic E-state index is -0.975. The maximum Gasteiger partial charge on any atom is 0.323 e. The molecular weight excluding hydrogens is 244 g/mol. The lowest BCUT2D eigenvalue weighted by molar-refractivity contribution is -0.137. The number of hydrogen-bond donors (Lipinski definition) is 2. The number of carbonyl (C=O) groups is 2. The van der Waals surface area contributed by atoms with Crippen LogP contribution in [0.5, 0.6) is 0 Å². The Morgan fingerprint density at radius 2 is 1.95 bits per heavy atom. The summed E-state index contributed by atoms with van der Waals surface area (Å²) < 4.78 is 0. The van der Waals surface area contributed by atoms with Gasteiger partial charge in [-0.1, -0.05) is 29.8 Å². The number of nitrogens with one attached hydrogen (secondary N) is 1. The Hall–Kier alpha value is -2.04. The second kappa shape index (κ2) is 5.73. The van der Waals surface area contributed by atoms with Crippen LogP contribution >= 0.6 is 0 Å². The Bertz CT molecular complexity index is 466. The summed E-state index contributed by atoms with van der Waals surface area (Å²) in [5.74, 6) is -0.975. The molecule has 0 spiro atoms. The fourth-order valence-corrected chi connectivity index (χ4v) is 1.88. The van der Waals surface area contributed by atoms with Crippen LogP contribution in [0.25, 0.3) is 0 Å². The highest BCUT2D eigenvalue weighted by molar-refractivity contribution is 5.80. The van der Waals surface area contributed by atoms with Crippen LogP contribution in [-0.2, 0) is 11.3 Å². The molecular formula is C14H18N2O3. The van der Waals surface area contributed by atoms with E-state index in [1.807, 2.05) is 31.2 Å². The number of rotatable bonds is 5. The number of aryl methyl sites for hydroxylation is 1. The first-order valence-electron chi connectivity index (χ1n) is 6.38. The van der Waals surface area contributed by atoms with Crippen molar-refractivity contribution in [2.75, 3.05) is 6.54 Å². The molecule has 1 aliphatic rings. The number of urea groups is 1. The van der Waals surface area contributed by atoms with Gasteiger partial charge in [-0.3, -0.25) is 4.79 Å². The third kappa shape index (κ3) is 3.98. The van der Waals surface area contributed by atoms with Crippen molar-refractivity contribution in [3.63, 3.8) is 0 Å². The molecule has 1 fully saturated rings. The van der Waals surface area contributed by atoms with E-state index in [4.69, 9.17) is 5.11 Å². The quantitative estimate of drug-likeness (QED) is 0.849. The predicted octanol–water partition coefficient (Wildman–Crippen LogP) is 1.75. The van der Waals surface area contributed by atoms with Crippen molar-refractivity contribution >= 4 is 12.0 Å². The van der Waals surface area contributed by atoms with Crippen LogP contribution < -0.4 is 5.32 Å². The topological polar surface area (TPSA) is 69.6 Å².